The standard InChI is InChI=1S/C19H28N2O/c1-6-7-8-18-17(11-13(2)3)19(22)21(20-18)16-10-9-14(4)15(5)12-16/h9-10,12-13,22H,6-8,11H2,1-5H3. The molecule has 0 aliphatic heterocycles. The second-order valence-electron chi connectivity index (χ2n) is 6.63. The average Bonchev–Trinajstić information content (AvgIpc) is 2.76. The molecule has 22 heavy (non-hydrogen) atoms. The second-order valence-corrected chi connectivity index (χ2v) is 6.63. The second kappa shape index (κ2) is 6.99. The van der Waals surface area contributed by atoms with Crippen LogP contribution in [-0.4, -0.2) is 14.9 Å². The van der Waals surface area contributed by atoms with E-state index in [-0.39, 0.29) is 0 Å². The molecular weight excluding hydrogens is 272 g/mol. The average molecular weight is 300 g/mol. The molecule has 0 amide bonds. The maximum atomic E-state index is 10.7. The van der Waals surface area contributed by atoms with Crippen molar-refractivity contribution in [3.63, 3.8) is 0 Å². The van der Waals surface area contributed by atoms with Gasteiger partial charge in [0, 0.05) is 5.56 Å². The fourth-order valence-electron chi connectivity index (χ4n) is 2.69. The summed E-state index contributed by atoms with van der Waals surface area (Å²) < 4.78 is 1.70. The van der Waals surface area contributed by atoms with Gasteiger partial charge < -0.3 is 5.11 Å². The SMILES string of the molecule is CCCCc1nn(-c2ccc(C)c(C)c2)c(O)c1CC(C)C. The minimum absolute atomic E-state index is 0.308. The zero-order chi connectivity index (χ0) is 16.3. The van der Waals surface area contributed by atoms with Crippen LogP contribution in [0.2, 0.25) is 0 Å². The molecule has 1 aromatic carbocycles. The number of aryl methyl sites for hydroxylation is 3. The lowest BCUT2D eigenvalue weighted by atomic mass is 10.0. The third-order valence-corrected chi connectivity index (χ3v) is 4.15. The zero-order valence-corrected chi connectivity index (χ0v) is 14.5. The summed E-state index contributed by atoms with van der Waals surface area (Å²) in [6.07, 6.45) is 4.05. The monoisotopic (exact) mass is 300 g/mol. The van der Waals surface area contributed by atoms with Crippen LogP contribution in [0.5, 0.6) is 5.88 Å². The summed E-state index contributed by atoms with van der Waals surface area (Å²) in [7, 11) is 0. The zero-order valence-electron chi connectivity index (χ0n) is 14.5. The fraction of sp³-hybridized carbons (Fsp3) is 0.526. The van der Waals surface area contributed by atoms with Crippen molar-refractivity contribution >= 4 is 0 Å². The van der Waals surface area contributed by atoms with Crippen molar-refractivity contribution in [1.29, 1.82) is 0 Å². The Morgan fingerprint density at radius 3 is 2.50 bits per heavy atom. The van der Waals surface area contributed by atoms with Crippen LogP contribution in [0.25, 0.3) is 5.69 Å². The summed E-state index contributed by atoms with van der Waals surface area (Å²) in [5, 5.41) is 15.4. The number of benzene rings is 1. The lowest BCUT2D eigenvalue weighted by Gasteiger charge is -2.08. The van der Waals surface area contributed by atoms with Crippen molar-refractivity contribution in [2.24, 2.45) is 5.92 Å². The van der Waals surface area contributed by atoms with Crippen molar-refractivity contribution in [2.45, 2.75) is 60.3 Å². The first-order valence-corrected chi connectivity index (χ1v) is 8.31. The predicted octanol–water partition coefficient (Wildman–Crippen LogP) is 4.74. The predicted molar refractivity (Wildman–Crippen MR) is 91.9 cm³/mol. The third-order valence-electron chi connectivity index (χ3n) is 4.15. The molecule has 3 heteroatoms. The van der Waals surface area contributed by atoms with Crippen molar-refractivity contribution < 1.29 is 5.11 Å². The molecule has 0 unspecified atom stereocenters. The van der Waals surface area contributed by atoms with Gasteiger partial charge in [-0.05, 0) is 62.3 Å². The van der Waals surface area contributed by atoms with Crippen LogP contribution in [0.1, 0.15) is 56.0 Å². The van der Waals surface area contributed by atoms with E-state index in [0.717, 1.165) is 42.6 Å². The van der Waals surface area contributed by atoms with E-state index in [1.54, 1.807) is 4.68 Å². The molecule has 2 rings (SSSR count). The number of unbranched alkanes of at least 4 members (excludes halogenated alkanes) is 1. The van der Waals surface area contributed by atoms with E-state index in [2.05, 4.69) is 46.8 Å². The van der Waals surface area contributed by atoms with Crippen LogP contribution < -0.4 is 0 Å². The highest BCUT2D eigenvalue weighted by atomic mass is 16.3. The molecule has 0 fully saturated rings. The Labute approximate surface area is 134 Å². The van der Waals surface area contributed by atoms with Gasteiger partial charge in [-0.3, -0.25) is 0 Å². The van der Waals surface area contributed by atoms with Crippen LogP contribution in [0, 0.1) is 19.8 Å². The molecule has 1 heterocycles. The van der Waals surface area contributed by atoms with Crippen molar-refractivity contribution in [3.05, 3.63) is 40.6 Å². The summed E-state index contributed by atoms with van der Waals surface area (Å²) in [5.74, 6) is 0.812. The van der Waals surface area contributed by atoms with Gasteiger partial charge in [0.15, 0.2) is 0 Å². The summed E-state index contributed by atoms with van der Waals surface area (Å²) in [6, 6.07) is 6.20. The van der Waals surface area contributed by atoms with Crippen LogP contribution >= 0.6 is 0 Å². The Morgan fingerprint density at radius 1 is 1.18 bits per heavy atom. The summed E-state index contributed by atoms with van der Waals surface area (Å²) in [4.78, 5) is 0. The highest BCUT2D eigenvalue weighted by Gasteiger charge is 2.19. The Morgan fingerprint density at radius 2 is 1.91 bits per heavy atom. The smallest absolute Gasteiger partial charge is 0.217 e. The molecular formula is C19H28N2O. The number of hydrogen-bond acceptors (Lipinski definition) is 2. The van der Waals surface area contributed by atoms with E-state index < -0.39 is 0 Å². The molecule has 0 saturated carbocycles. The third kappa shape index (κ3) is 3.52. The van der Waals surface area contributed by atoms with E-state index in [4.69, 9.17) is 5.10 Å². The van der Waals surface area contributed by atoms with Gasteiger partial charge in [0.2, 0.25) is 5.88 Å². The van der Waals surface area contributed by atoms with Crippen molar-refractivity contribution in [3.8, 4) is 11.6 Å². The number of hydrogen-bond donors (Lipinski definition) is 1. The van der Waals surface area contributed by atoms with Gasteiger partial charge >= 0.3 is 0 Å². The lowest BCUT2D eigenvalue weighted by molar-refractivity contribution is 0.424. The number of aromatic hydroxyl groups is 1. The van der Waals surface area contributed by atoms with Crippen LogP contribution in [-0.2, 0) is 12.8 Å². The van der Waals surface area contributed by atoms with Gasteiger partial charge in [-0.1, -0.05) is 33.3 Å². The highest BCUT2D eigenvalue weighted by molar-refractivity contribution is 5.44. The van der Waals surface area contributed by atoms with E-state index in [1.807, 2.05) is 6.07 Å². The van der Waals surface area contributed by atoms with Gasteiger partial charge in [0.1, 0.15) is 0 Å². The molecule has 0 aliphatic carbocycles. The number of rotatable bonds is 6. The van der Waals surface area contributed by atoms with Crippen molar-refractivity contribution in [1.82, 2.24) is 9.78 Å². The van der Waals surface area contributed by atoms with E-state index >= 15 is 0 Å². The van der Waals surface area contributed by atoms with Gasteiger partial charge in [-0.2, -0.15) is 5.10 Å². The van der Waals surface area contributed by atoms with Gasteiger partial charge in [-0.15, -0.1) is 0 Å². The van der Waals surface area contributed by atoms with E-state index in [0.29, 0.717) is 11.8 Å². The first kappa shape index (κ1) is 16.6. The van der Waals surface area contributed by atoms with Crippen LogP contribution in [0.4, 0.5) is 0 Å². The molecule has 0 spiro atoms. The topological polar surface area (TPSA) is 38.0 Å². The molecule has 0 aliphatic rings. The maximum absolute atomic E-state index is 10.7. The summed E-state index contributed by atoms with van der Waals surface area (Å²) >= 11 is 0. The molecule has 0 saturated heterocycles. The number of nitrogens with zero attached hydrogens (tertiary/aromatic N) is 2. The van der Waals surface area contributed by atoms with Crippen molar-refractivity contribution in [2.75, 3.05) is 0 Å². The van der Waals surface area contributed by atoms with Crippen LogP contribution in [0.15, 0.2) is 18.2 Å². The molecule has 1 aromatic heterocycles. The normalized spacial score (nSPS) is 11.4. The Bertz CT molecular complexity index is 641. The first-order chi connectivity index (χ1) is 10.4. The molecule has 3 nitrogen and oxygen atoms in total. The summed E-state index contributed by atoms with van der Waals surface area (Å²) in [5.41, 5.74) is 5.47. The van der Waals surface area contributed by atoms with Gasteiger partial charge in [0.25, 0.3) is 0 Å². The minimum Gasteiger partial charge on any atom is -0.493 e. The molecule has 0 bridgehead atoms. The molecule has 120 valence electrons. The maximum Gasteiger partial charge on any atom is 0.217 e. The highest BCUT2D eigenvalue weighted by Crippen LogP contribution is 2.29. The lowest BCUT2D eigenvalue weighted by Crippen LogP contribution is -1.98. The first-order valence-electron chi connectivity index (χ1n) is 8.31. The molecule has 0 atom stereocenters. The minimum atomic E-state index is 0.308. The fourth-order valence-corrected chi connectivity index (χ4v) is 2.69. The largest absolute Gasteiger partial charge is 0.493 e. The Balaban J connectivity index is 2.46. The van der Waals surface area contributed by atoms with Gasteiger partial charge in [0.05, 0.1) is 11.4 Å². The van der Waals surface area contributed by atoms with E-state index in [9.17, 15) is 5.11 Å². The van der Waals surface area contributed by atoms with Crippen LogP contribution in [0.3, 0.4) is 0 Å². The number of aromatic nitrogens is 2. The van der Waals surface area contributed by atoms with Gasteiger partial charge in [-0.25, -0.2) is 4.68 Å². The Hall–Kier alpha value is -1.77. The quantitative estimate of drug-likeness (QED) is 0.837. The Kier molecular flexibility index (Phi) is 5.28. The molecule has 1 N–H and O–H groups in total. The summed E-state index contributed by atoms with van der Waals surface area (Å²) in [6.45, 7) is 10.7. The molecule has 0 radical (unpaired) electrons. The molecule has 2 aromatic rings. The van der Waals surface area contributed by atoms with E-state index in [1.165, 1.54) is 11.1 Å².